The minimum absolute atomic E-state index is 0.141. The molecule has 98 valence electrons. The number of likely N-dealkylation sites (tertiary alicyclic amines) is 1. The van der Waals surface area contributed by atoms with Crippen LogP contribution < -0.4 is 0 Å². The highest BCUT2D eigenvalue weighted by molar-refractivity contribution is 5.76. The zero-order valence-corrected chi connectivity index (χ0v) is 10.7. The predicted octanol–water partition coefficient (Wildman–Crippen LogP) is 2.11. The highest BCUT2D eigenvalue weighted by Gasteiger charge is 2.31. The zero-order valence-electron chi connectivity index (χ0n) is 11.7. The SMILES string of the molecule is [3H]OC(=O)N1CCC(OC(=O)C(C)(C)CC)CC1. The second-order valence-corrected chi connectivity index (χ2v) is 5.10. The van der Waals surface area contributed by atoms with Crippen LogP contribution in [-0.4, -0.2) is 41.3 Å². The summed E-state index contributed by atoms with van der Waals surface area (Å²) in [5, 5.41) is 3.91. The molecule has 5 nitrogen and oxygen atoms in total. The van der Waals surface area contributed by atoms with Crippen LogP contribution in [0.1, 0.15) is 40.0 Å². The minimum atomic E-state index is -0.645. The summed E-state index contributed by atoms with van der Waals surface area (Å²) in [6.07, 6.45) is 1.14. The normalized spacial score (nSPS) is 18.5. The first-order valence-electron chi connectivity index (χ1n) is 6.44. The van der Waals surface area contributed by atoms with Gasteiger partial charge in [0, 0.05) is 25.9 Å². The van der Waals surface area contributed by atoms with Crippen molar-refractivity contribution in [3.05, 3.63) is 0 Å². The molecule has 0 aliphatic carbocycles. The summed E-state index contributed by atoms with van der Waals surface area (Å²) in [4.78, 5) is 24.4. The van der Waals surface area contributed by atoms with Crippen molar-refractivity contribution in [2.24, 2.45) is 5.41 Å². The van der Waals surface area contributed by atoms with Gasteiger partial charge in [0.05, 0.1) is 5.41 Å². The van der Waals surface area contributed by atoms with E-state index in [1.165, 1.54) is 4.90 Å². The van der Waals surface area contributed by atoms with Crippen molar-refractivity contribution in [3.8, 4) is 0 Å². The first-order valence-corrected chi connectivity index (χ1v) is 6.04. The van der Waals surface area contributed by atoms with Crippen LogP contribution in [0.25, 0.3) is 1.43 Å². The smallest absolute Gasteiger partial charge is 0.407 e. The number of hydrogen-bond acceptors (Lipinski definition) is 4. The van der Waals surface area contributed by atoms with Crippen LogP contribution in [0.4, 0.5) is 4.79 Å². The van der Waals surface area contributed by atoms with Crippen molar-refractivity contribution >= 4 is 12.1 Å². The second-order valence-electron chi connectivity index (χ2n) is 5.10. The van der Waals surface area contributed by atoms with E-state index >= 15 is 0 Å². The van der Waals surface area contributed by atoms with Gasteiger partial charge in [0.2, 0.25) is 0 Å². The molecule has 0 aromatic carbocycles. The van der Waals surface area contributed by atoms with Crippen LogP contribution in [-0.2, 0) is 9.53 Å². The maximum atomic E-state index is 11.9. The van der Waals surface area contributed by atoms with Gasteiger partial charge in [0.15, 0.2) is 0 Å². The third-order valence-electron chi connectivity index (χ3n) is 3.41. The van der Waals surface area contributed by atoms with Crippen molar-refractivity contribution in [3.63, 3.8) is 0 Å². The van der Waals surface area contributed by atoms with E-state index in [4.69, 9.17) is 6.17 Å². The summed E-state index contributed by atoms with van der Waals surface area (Å²) >= 11 is 0. The molecule has 1 rings (SSSR count). The lowest BCUT2D eigenvalue weighted by molar-refractivity contribution is -0.161. The molecule has 0 atom stereocenters. The molecule has 1 aliphatic rings. The van der Waals surface area contributed by atoms with Gasteiger partial charge in [0.25, 0.3) is 1.43 Å². The number of nitrogens with zero attached hydrogens (tertiary/aromatic N) is 1. The average molecular weight is 245 g/mol. The van der Waals surface area contributed by atoms with Gasteiger partial charge in [-0.3, -0.25) is 4.79 Å². The van der Waals surface area contributed by atoms with E-state index in [2.05, 4.69) is 5.11 Å². The number of carbonyl (C=O) groups excluding carboxylic acids is 1. The van der Waals surface area contributed by atoms with Crippen molar-refractivity contribution in [1.82, 2.24) is 4.90 Å². The Morgan fingerprint density at radius 3 is 2.53 bits per heavy atom. The van der Waals surface area contributed by atoms with E-state index in [-0.39, 0.29) is 12.1 Å². The highest BCUT2D eigenvalue weighted by atomic mass is 16.5. The lowest BCUT2D eigenvalue weighted by Crippen LogP contribution is -2.42. The van der Waals surface area contributed by atoms with Gasteiger partial charge in [-0.05, 0) is 20.3 Å². The quantitative estimate of drug-likeness (QED) is 0.773. The van der Waals surface area contributed by atoms with Crippen LogP contribution in [0, 0.1) is 5.41 Å². The lowest BCUT2D eigenvalue weighted by Gasteiger charge is -2.31. The molecule has 1 amide bonds. The van der Waals surface area contributed by atoms with Gasteiger partial charge in [-0.15, -0.1) is 0 Å². The summed E-state index contributed by atoms with van der Waals surface area (Å²) in [6, 6.07) is 0. The van der Waals surface area contributed by atoms with E-state index in [1.54, 1.807) is 0 Å². The highest BCUT2D eigenvalue weighted by Crippen LogP contribution is 2.24. The second kappa shape index (κ2) is 5.38. The Morgan fingerprint density at radius 1 is 1.47 bits per heavy atom. The fourth-order valence-corrected chi connectivity index (χ4v) is 1.61. The lowest BCUT2D eigenvalue weighted by atomic mass is 9.90. The third-order valence-corrected chi connectivity index (χ3v) is 3.41. The molecular formula is C12H21NO4. The number of carboxylic acid groups (broad SMARTS) is 1. The third kappa shape index (κ3) is 3.61. The van der Waals surface area contributed by atoms with Crippen LogP contribution in [0.2, 0.25) is 0 Å². The predicted molar refractivity (Wildman–Crippen MR) is 62.8 cm³/mol. The molecule has 0 unspecified atom stereocenters. The van der Waals surface area contributed by atoms with E-state index in [9.17, 15) is 9.59 Å². The molecule has 5 heteroatoms. The Labute approximate surface area is 103 Å². The van der Waals surface area contributed by atoms with Gasteiger partial charge in [-0.1, -0.05) is 6.92 Å². The number of esters is 1. The Hall–Kier alpha value is -1.26. The van der Waals surface area contributed by atoms with Crippen LogP contribution in [0.3, 0.4) is 0 Å². The monoisotopic (exact) mass is 245 g/mol. The number of hydrogen-bond donors (Lipinski definition) is 1. The minimum Gasteiger partial charge on any atom is -0.465 e. The van der Waals surface area contributed by atoms with Gasteiger partial charge < -0.3 is 14.7 Å². The standard InChI is InChI=1S/C12H21NO4/c1-4-12(2,3)10(14)17-9-5-7-13(8-6-9)11(15)16/h9H,4-8H2,1-3H3,(H,15,16)/i/hT. The van der Waals surface area contributed by atoms with Crippen molar-refractivity contribution in [1.29, 1.82) is 1.43 Å². The molecule has 1 fully saturated rings. The molecule has 1 heterocycles. The molecular weight excluding hydrogens is 222 g/mol. The van der Waals surface area contributed by atoms with E-state index in [0.29, 0.717) is 25.9 Å². The summed E-state index contributed by atoms with van der Waals surface area (Å²) in [6.45, 7) is 6.60. The summed E-state index contributed by atoms with van der Waals surface area (Å²) in [5.74, 6) is -0.188. The Bertz CT molecular complexity index is 311. The first-order chi connectivity index (χ1) is 8.40. The molecule has 0 aromatic rings. The van der Waals surface area contributed by atoms with Crippen LogP contribution in [0.5, 0.6) is 0 Å². The number of amides is 1. The summed E-state index contributed by atoms with van der Waals surface area (Å²) < 4.78 is 12.0. The number of ether oxygens (including phenoxy) is 1. The molecule has 0 bridgehead atoms. The van der Waals surface area contributed by atoms with Crippen LogP contribution in [0.15, 0.2) is 0 Å². The van der Waals surface area contributed by atoms with Gasteiger partial charge in [-0.25, -0.2) is 4.79 Å². The van der Waals surface area contributed by atoms with Crippen LogP contribution >= 0.6 is 0 Å². The Morgan fingerprint density at radius 2 is 2.06 bits per heavy atom. The van der Waals surface area contributed by atoms with E-state index < -0.39 is 11.5 Å². The topological polar surface area (TPSA) is 66.8 Å². The van der Waals surface area contributed by atoms with Crippen molar-refractivity contribution < 1.29 is 19.4 Å². The Kier molecular flexibility index (Phi) is 3.86. The average Bonchev–Trinajstić information content (AvgIpc) is 2.38. The van der Waals surface area contributed by atoms with Crippen molar-refractivity contribution in [2.45, 2.75) is 46.1 Å². The molecule has 1 saturated heterocycles. The molecule has 0 radical (unpaired) electrons. The molecule has 0 saturated carbocycles. The van der Waals surface area contributed by atoms with Gasteiger partial charge >= 0.3 is 12.1 Å². The van der Waals surface area contributed by atoms with Gasteiger partial charge in [0.1, 0.15) is 6.10 Å². The fraction of sp³-hybridized carbons (Fsp3) is 0.833. The summed E-state index contributed by atoms with van der Waals surface area (Å²) in [7, 11) is 0. The van der Waals surface area contributed by atoms with Gasteiger partial charge in [-0.2, -0.15) is 0 Å². The molecule has 17 heavy (non-hydrogen) atoms. The number of rotatable bonds is 3. The molecule has 0 spiro atoms. The van der Waals surface area contributed by atoms with E-state index in [1.807, 2.05) is 20.8 Å². The summed E-state index contributed by atoms with van der Waals surface area (Å²) in [5.41, 5.74) is -0.461. The first kappa shape index (κ1) is 12.2. The maximum absolute atomic E-state index is 11.9. The largest absolute Gasteiger partial charge is 0.465 e. The number of piperidine rings is 1. The fourth-order valence-electron chi connectivity index (χ4n) is 1.61. The Balaban J connectivity index is 2.40. The number of carbonyl (C=O) groups is 2. The maximum Gasteiger partial charge on any atom is 0.407 e. The molecule has 1 aliphatic heterocycles. The zero-order chi connectivity index (χ0) is 13.8. The van der Waals surface area contributed by atoms with E-state index in [0.717, 1.165) is 6.42 Å². The molecule has 1 N–H and O–H groups in total. The van der Waals surface area contributed by atoms with Crippen molar-refractivity contribution in [2.75, 3.05) is 13.1 Å². The molecule has 0 aromatic heterocycles.